The molecule has 0 aliphatic carbocycles. The Labute approximate surface area is 78.2 Å². The quantitative estimate of drug-likeness (QED) is 0.589. The van der Waals surface area contributed by atoms with Crippen molar-refractivity contribution in [2.75, 3.05) is 18.8 Å². The lowest BCUT2D eigenvalue weighted by molar-refractivity contribution is 0.447. The number of sulfonamides is 1. The van der Waals surface area contributed by atoms with E-state index in [9.17, 15) is 8.42 Å². The third-order valence-corrected chi connectivity index (χ3v) is 2.95. The van der Waals surface area contributed by atoms with E-state index in [4.69, 9.17) is 10.5 Å². The fourth-order valence-electron chi connectivity index (χ4n) is 0.818. The first-order chi connectivity index (χ1) is 6.08. The molecule has 72 valence electrons. The highest BCUT2D eigenvalue weighted by Gasteiger charge is 2.19. The number of rotatable bonds is 5. The topological polar surface area (TPSA) is 85.0 Å². The molecule has 0 aliphatic rings. The van der Waals surface area contributed by atoms with Crippen molar-refractivity contribution in [3.8, 4) is 12.1 Å². The van der Waals surface area contributed by atoms with E-state index >= 15 is 0 Å². The summed E-state index contributed by atoms with van der Waals surface area (Å²) in [6.07, 6.45) is 0.631. The highest BCUT2D eigenvalue weighted by atomic mass is 32.2. The van der Waals surface area contributed by atoms with Crippen molar-refractivity contribution in [3.05, 3.63) is 0 Å². The molecular weight excluding hydrogens is 190 g/mol. The van der Waals surface area contributed by atoms with Crippen molar-refractivity contribution >= 4 is 10.0 Å². The summed E-state index contributed by atoms with van der Waals surface area (Å²) in [5.74, 6) is -0.561. The molecule has 0 aliphatic heterocycles. The molecule has 13 heavy (non-hydrogen) atoms. The summed E-state index contributed by atoms with van der Waals surface area (Å²) in [7, 11) is -3.55. The summed E-state index contributed by atoms with van der Waals surface area (Å²) < 4.78 is 23.5. The van der Waals surface area contributed by atoms with Gasteiger partial charge in [0.05, 0.1) is 12.1 Å². The van der Waals surface area contributed by atoms with E-state index in [1.165, 1.54) is 0 Å². The monoisotopic (exact) mass is 201 g/mol. The van der Waals surface area contributed by atoms with Crippen molar-refractivity contribution < 1.29 is 8.42 Å². The third-order valence-electron chi connectivity index (χ3n) is 1.36. The van der Waals surface area contributed by atoms with Crippen LogP contribution in [0.2, 0.25) is 0 Å². The standard InChI is InChI=1S/C7H11N3O2S/c1-2-5-10(6-3-8)13(11,12)7-4-9/h2,5-7H2,1H3. The van der Waals surface area contributed by atoms with Crippen LogP contribution in [-0.4, -0.2) is 31.6 Å². The Balaban J connectivity index is 4.56. The molecule has 0 aromatic carbocycles. The Morgan fingerprint density at radius 1 is 1.31 bits per heavy atom. The average molecular weight is 201 g/mol. The molecule has 0 aromatic rings. The van der Waals surface area contributed by atoms with Gasteiger partial charge >= 0.3 is 0 Å². The minimum absolute atomic E-state index is 0.183. The van der Waals surface area contributed by atoms with Gasteiger partial charge < -0.3 is 0 Å². The van der Waals surface area contributed by atoms with Crippen molar-refractivity contribution in [2.45, 2.75) is 13.3 Å². The molecule has 0 atom stereocenters. The zero-order valence-corrected chi connectivity index (χ0v) is 8.21. The zero-order chi connectivity index (χ0) is 10.3. The molecule has 0 aromatic heterocycles. The van der Waals surface area contributed by atoms with Gasteiger partial charge in [-0.3, -0.25) is 0 Å². The molecule has 0 N–H and O–H groups in total. The normalized spacial score (nSPS) is 10.8. The fourth-order valence-corrected chi connectivity index (χ4v) is 1.88. The average Bonchev–Trinajstić information content (AvgIpc) is 2.04. The predicted molar refractivity (Wildman–Crippen MR) is 46.9 cm³/mol. The second-order valence-corrected chi connectivity index (χ2v) is 4.37. The molecule has 6 heteroatoms. The summed E-state index contributed by atoms with van der Waals surface area (Å²) in [5, 5.41) is 16.6. The molecule has 0 radical (unpaired) electrons. The molecule has 5 nitrogen and oxygen atoms in total. The first-order valence-electron chi connectivity index (χ1n) is 3.80. The smallest absolute Gasteiger partial charge is 0.211 e. The van der Waals surface area contributed by atoms with Gasteiger partial charge in [0, 0.05) is 6.54 Å². The van der Waals surface area contributed by atoms with Crippen LogP contribution in [0.25, 0.3) is 0 Å². The second-order valence-electron chi connectivity index (χ2n) is 2.41. The van der Waals surface area contributed by atoms with E-state index < -0.39 is 15.8 Å². The van der Waals surface area contributed by atoms with Crippen LogP contribution in [0, 0.1) is 22.7 Å². The van der Waals surface area contributed by atoms with Crippen LogP contribution in [0.4, 0.5) is 0 Å². The summed E-state index contributed by atoms with van der Waals surface area (Å²) in [6, 6.07) is 3.32. The Morgan fingerprint density at radius 2 is 1.92 bits per heavy atom. The van der Waals surface area contributed by atoms with Gasteiger partial charge in [-0.2, -0.15) is 14.8 Å². The third kappa shape index (κ3) is 3.88. The first-order valence-corrected chi connectivity index (χ1v) is 5.41. The molecule has 0 bridgehead atoms. The van der Waals surface area contributed by atoms with Gasteiger partial charge in [0.15, 0.2) is 5.75 Å². The van der Waals surface area contributed by atoms with Gasteiger partial charge in [-0.05, 0) is 6.42 Å². The van der Waals surface area contributed by atoms with Crippen LogP contribution in [-0.2, 0) is 10.0 Å². The molecule has 0 saturated heterocycles. The largest absolute Gasteiger partial charge is 0.228 e. The Hall–Kier alpha value is -1.11. The van der Waals surface area contributed by atoms with E-state index in [2.05, 4.69) is 0 Å². The molecule has 0 saturated carbocycles. The lowest BCUT2D eigenvalue weighted by Crippen LogP contribution is -2.33. The van der Waals surface area contributed by atoms with Crippen LogP contribution in [0.1, 0.15) is 13.3 Å². The minimum Gasteiger partial charge on any atom is -0.211 e. The van der Waals surface area contributed by atoms with Gasteiger partial charge in [0.2, 0.25) is 10.0 Å². The second kappa shape index (κ2) is 5.52. The number of hydrogen-bond donors (Lipinski definition) is 0. The summed E-state index contributed by atoms with van der Waals surface area (Å²) in [6.45, 7) is 1.92. The van der Waals surface area contributed by atoms with Crippen molar-refractivity contribution in [2.24, 2.45) is 0 Å². The highest BCUT2D eigenvalue weighted by molar-refractivity contribution is 7.89. The van der Waals surface area contributed by atoms with E-state index in [1.54, 1.807) is 12.1 Å². The molecule has 0 unspecified atom stereocenters. The van der Waals surface area contributed by atoms with Crippen LogP contribution < -0.4 is 0 Å². The van der Waals surface area contributed by atoms with Crippen LogP contribution in [0.5, 0.6) is 0 Å². The molecule has 0 rings (SSSR count). The summed E-state index contributed by atoms with van der Waals surface area (Å²) in [5.41, 5.74) is 0. The molecule has 0 amide bonds. The SMILES string of the molecule is CCCN(CC#N)S(=O)(=O)CC#N. The molecule has 0 heterocycles. The maximum Gasteiger partial charge on any atom is 0.228 e. The van der Waals surface area contributed by atoms with Gasteiger partial charge in [-0.25, -0.2) is 8.42 Å². The minimum atomic E-state index is -3.55. The van der Waals surface area contributed by atoms with Gasteiger partial charge in [0.25, 0.3) is 0 Å². The number of hydrogen-bond acceptors (Lipinski definition) is 4. The van der Waals surface area contributed by atoms with E-state index in [0.29, 0.717) is 6.42 Å². The molecule has 0 spiro atoms. The van der Waals surface area contributed by atoms with Crippen LogP contribution >= 0.6 is 0 Å². The maximum absolute atomic E-state index is 11.3. The summed E-state index contributed by atoms with van der Waals surface area (Å²) in [4.78, 5) is 0. The van der Waals surface area contributed by atoms with E-state index in [1.807, 2.05) is 6.92 Å². The Morgan fingerprint density at radius 3 is 2.31 bits per heavy atom. The fraction of sp³-hybridized carbons (Fsp3) is 0.714. The van der Waals surface area contributed by atoms with Gasteiger partial charge in [0.1, 0.15) is 6.54 Å². The van der Waals surface area contributed by atoms with Crippen LogP contribution in [0.15, 0.2) is 0 Å². The van der Waals surface area contributed by atoms with Gasteiger partial charge in [-0.15, -0.1) is 0 Å². The Bertz CT molecular complexity index is 323. The van der Waals surface area contributed by atoms with E-state index in [-0.39, 0.29) is 13.1 Å². The predicted octanol–water partition coefficient (Wildman–Crippen LogP) is 0.0754. The maximum atomic E-state index is 11.3. The van der Waals surface area contributed by atoms with Crippen molar-refractivity contribution in [1.29, 1.82) is 10.5 Å². The van der Waals surface area contributed by atoms with E-state index in [0.717, 1.165) is 4.31 Å². The lowest BCUT2D eigenvalue weighted by atomic mass is 10.5. The van der Waals surface area contributed by atoms with Crippen LogP contribution in [0.3, 0.4) is 0 Å². The van der Waals surface area contributed by atoms with Gasteiger partial charge in [-0.1, -0.05) is 6.92 Å². The molecule has 0 fully saturated rings. The highest BCUT2D eigenvalue weighted by Crippen LogP contribution is 2.01. The molecular formula is C7H11N3O2S. The Kier molecular flexibility index (Phi) is 5.05. The number of nitrogens with zero attached hydrogens (tertiary/aromatic N) is 3. The first kappa shape index (κ1) is 11.9. The summed E-state index contributed by atoms with van der Waals surface area (Å²) >= 11 is 0. The van der Waals surface area contributed by atoms with Crippen molar-refractivity contribution in [1.82, 2.24) is 4.31 Å². The number of nitriles is 2. The zero-order valence-electron chi connectivity index (χ0n) is 7.39. The van der Waals surface area contributed by atoms with Crippen molar-refractivity contribution in [3.63, 3.8) is 0 Å². The lowest BCUT2D eigenvalue weighted by Gasteiger charge is -2.15.